The van der Waals surface area contributed by atoms with E-state index in [4.69, 9.17) is 5.73 Å². The van der Waals surface area contributed by atoms with Crippen molar-refractivity contribution in [2.75, 3.05) is 11.1 Å². The number of carbonyl (C=O) groups excluding carboxylic acids is 1. The first-order valence-corrected chi connectivity index (χ1v) is 7.65. The van der Waals surface area contributed by atoms with Gasteiger partial charge >= 0.3 is 0 Å². The molecule has 0 saturated heterocycles. The number of nitrogen functional groups attached to an aromatic ring is 1. The van der Waals surface area contributed by atoms with Crippen molar-refractivity contribution < 1.29 is 4.79 Å². The molecule has 0 bridgehead atoms. The maximum absolute atomic E-state index is 12.7. The van der Waals surface area contributed by atoms with E-state index < -0.39 is 5.91 Å². The summed E-state index contributed by atoms with van der Waals surface area (Å²) in [6, 6.07) is 11.0. The number of pyridine rings is 1. The van der Waals surface area contributed by atoms with Gasteiger partial charge in [0.15, 0.2) is 0 Å². The molecule has 2 aromatic carbocycles. The highest BCUT2D eigenvalue weighted by atomic mass is 16.2. The summed E-state index contributed by atoms with van der Waals surface area (Å²) >= 11 is 0. The Morgan fingerprint density at radius 1 is 1.17 bits per heavy atom. The lowest BCUT2D eigenvalue weighted by Gasteiger charge is -2.12. The van der Waals surface area contributed by atoms with Gasteiger partial charge in [-0.25, -0.2) is 0 Å². The minimum absolute atomic E-state index is 0.0730. The van der Waals surface area contributed by atoms with Crippen LogP contribution in [0.25, 0.3) is 10.9 Å². The van der Waals surface area contributed by atoms with Crippen molar-refractivity contribution >= 4 is 28.2 Å². The number of hydrogen-bond donors (Lipinski definition) is 2. The zero-order chi connectivity index (χ0) is 17.4. The molecule has 3 rings (SSSR count). The standard InChI is InChI=1S/C19H19N3O2/c1-11-7-8-12(2)15(9-11)21-19(24)13-10-22(3)16-6-4-5-14(20)17(16)18(13)23/h4-10H,20H2,1-3H3,(H,21,24). The SMILES string of the molecule is Cc1ccc(C)c(NC(=O)c2cn(C)c3cccc(N)c3c2=O)c1. The molecule has 0 unspecified atom stereocenters. The molecule has 5 nitrogen and oxygen atoms in total. The molecule has 24 heavy (non-hydrogen) atoms. The van der Waals surface area contributed by atoms with Gasteiger partial charge in [-0.15, -0.1) is 0 Å². The van der Waals surface area contributed by atoms with E-state index in [9.17, 15) is 9.59 Å². The van der Waals surface area contributed by atoms with E-state index in [0.717, 1.165) is 11.1 Å². The summed E-state index contributed by atoms with van der Waals surface area (Å²) in [5, 5.41) is 3.20. The lowest BCUT2D eigenvalue weighted by Crippen LogP contribution is -2.24. The Balaban J connectivity index is 2.11. The van der Waals surface area contributed by atoms with Gasteiger partial charge in [-0.3, -0.25) is 9.59 Å². The molecule has 0 spiro atoms. The Bertz CT molecular complexity index is 1020. The number of anilines is 2. The number of aryl methyl sites for hydroxylation is 3. The largest absolute Gasteiger partial charge is 0.398 e. The van der Waals surface area contributed by atoms with Gasteiger partial charge in [0.05, 0.1) is 10.9 Å². The fourth-order valence-corrected chi connectivity index (χ4v) is 2.78. The smallest absolute Gasteiger partial charge is 0.261 e. The third-order valence-electron chi connectivity index (χ3n) is 4.14. The normalized spacial score (nSPS) is 10.8. The van der Waals surface area contributed by atoms with Crippen molar-refractivity contribution in [1.29, 1.82) is 0 Å². The zero-order valence-electron chi connectivity index (χ0n) is 13.9. The van der Waals surface area contributed by atoms with Crippen LogP contribution in [0.15, 0.2) is 47.4 Å². The third-order valence-corrected chi connectivity index (χ3v) is 4.14. The second-order valence-electron chi connectivity index (χ2n) is 6.00. The molecule has 122 valence electrons. The third kappa shape index (κ3) is 2.65. The molecule has 3 aromatic rings. The molecule has 0 aliphatic carbocycles. The van der Waals surface area contributed by atoms with Crippen molar-refractivity contribution in [3.05, 3.63) is 69.5 Å². The fraction of sp³-hybridized carbons (Fsp3) is 0.158. The van der Waals surface area contributed by atoms with E-state index in [1.165, 1.54) is 0 Å². The second kappa shape index (κ2) is 5.85. The summed E-state index contributed by atoms with van der Waals surface area (Å²) in [5.74, 6) is -0.436. The number of rotatable bonds is 2. The zero-order valence-corrected chi connectivity index (χ0v) is 13.9. The molecule has 5 heteroatoms. The van der Waals surface area contributed by atoms with Gasteiger partial charge in [0.25, 0.3) is 5.91 Å². The van der Waals surface area contributed by atoms with Crippen molar-refractivity contribution in [2.24, 2.45) is 7.05 Å². The van der Waals surface area contributed by atoms with Gasteiger partial charge in [0, 0.05) is 24.6 Å². The monoisotopic (exact) mass is 321 g/mol. The summed E-state index contributed by atoms with van der Waals surface area (Å²) in [6.45, 7) is 3.86. The van der Waals surface area contributed by atoms with Gasteiger partial charge in [0.2, 0.25) is 5.43 Å². The molecule has 1 aromatic heterocycles. The van der Waals surface area contributed by atoms with Crippen molar-refractivity contribution in [3.8, 4) is 0 Å². The quantitative estimate of drug-likeness (QED) is 0.712. The predicted octanol–water partition coefficient (Wildman–Crippen LogP) is 2.99. The molecule has 1 amide bonds. The van der Waals surface area contributed by atoms with Crippen LogP contribution in [0, 0.1) is 13.8 Å². The van der Waals surface area contributed by atoms with Crippen LogP contribution < -0.4 is 16.5 Å². The van der Waals surface area contributed by atoms with Crippen LogP contribution in [0.1, 0.15) is 21.5 Å². The van der Waals surface area contributed by atoms with Crippen LogP contribution in [0.4, 0.5) is 11.4 Å². The van der Waals surface area contributed by atoms with Crippen LogP contribution in [-0.4, -0.2) is 10.5 Å². The lowest BCUT2D eigenvalue weighted by atomic mass is 10.1. The number of benzene rings is 2. The average molecular weight is 321 g/mol. The summed E-state index contributed by atoms with van der Waals surface area (Å²) in [4.78, 5) is 25.4. The van der Waals surface area contributed by atoms with Crippen molar-refractivity contribution in [1.82, 2.24) is 4.57 Å². The fourth-order valence-electron chi connectivity index (χ4n) is 2.78. The molecular formula is C19H19N3O2. The Hall–Kier alpha value is -3.08. The number of nitrogens with zero attached hydrogens (tertiary/aromatic N) is 1. The number of carbonyl (C=O) groups is 1. The summed E-state index contributed by atoms with van der Waals surface area (Å²) in [5.41, 5.74) is 9.40. The predicted molar refractivity (Wildman–Crippen MR) is 97.5 cm³/mol. The van der Waals surface area contributed by atoms with Crippen LogP contribution in [0.2, 0.25) is 0 Å². The minimum Gasteiger partial charge on any atom is -0.398 e. The maximum Gasteiger partial charge on any atom is 0.261 e. The highest BCUT2D eigenvalue weighted by Crippen LogP contribution is 2.20. The van der Waals surface area contributed by atoms with Crippen LogP contribution in [0.3, 0.4) is 0 Å². The van der Waals surface area contributed by atoms with Gasteiger partial charge in [-0.1, -0.05) is 18.2 Å². The number of fused-ring (bicyclic) bond motifs is 1. The van der Waals surface area contributed by atoms with E-state index >= 15 is 0 Å². The molecule has 0 aliphatic rings. The highest BCUT2D eigenvalue weighted by Gasteiger charge is 2.16. The van der Waals surface area contributed by atoms with E-state index in [1.54, 1.807) is 36.0 Å². The maximum atomic E-state index is 12.7. The molecule has 0 atom stereocenters. The van der Waals surface area contributed by atoms with E-state index in [-0.39, 0.29) is 11.0 Å². The summed E-state index contributed by atoms with van der Waals surface area (Å²) in [6.07, 6.45) is 1.55. The molecule has 0 saturated carbocycles. The van der Waals surface area contributed by atoms with Gasteiger partial charge in [-0.2, -0.15) is 0 Å². The minimum atomic E-state index is -0.436. The Morgan fingerprint density at radius 2 is 1.92 bits per heavy atom. The van der Waals surface area contributed by atoms with Gasteiger partial charge < -0.3 is 15.6 Å². The Morgan fingerprint density at radius 3 is 2.67 bits per heavy atom. The first kappa shape index (κ1) is 15.8. The Kier molecular flexibility index (Phi) is 3.85. The Labute approximate surface area is 139 Å². The average Bonchev–Trinajstić information content (AvgIpc) is 2.54. The highest BCUT2D eigenvalue weighted by molar-refractivity contribution is 6.07. The molecule has 0 fully saturated rings. The molecular weight excluding hydrogens is 302 g/mol. The molecule has 3 N–H and O–H groups in total. The second-order valence-corrected chi connectivity index (χ2v) is 6.00. The van der Waals surface area contributed by atoms with E-state index in [2.05, 4.69) is 5.32 Å². The summed E-state index contributed by atoms with van der Waals surface area (Å²) < 4.78 is 1.74. The van der Waals surface area contributed by atoms with Gasteiger partial charge in [0.1, 0.15) is 5.56 Å². The lowest BCUT2D eigenvalue weighted by molar-refractivity contribution is 0.102. The van der Waals surface area contributed by atoms with E-state index in [0.29, 0.717) is 22.3 Å². The first-order chi connectivity index (χ1) is 11.4. The van der Waals surface area contributed by atoms with Crippen LogP contribution in [-0.2, 0) is 7.05 Å². The van der Waals surface area contributed by atoms with Crippen molar-refractivity contribution in [3.63, 3.8) is 0 Å². The molecule has 0 radical (unpaired) electrons. The summed E-state index contributed by atoms with van der Waals surface area (Å²) in [7, 11) is 1.79. The first-order valence-electron chi connectivity index (χ1n) is 7.65. The number of nitrogens with two attached hydrogens (primary N) is 1. The van der Waals surface area contributed by atoms with Crippen LogP contribution >= 0.6 is 0 Å². The molecule has 0 aliphatic heterocycles. The van der Waals surface area contributed by atoms with Crippen molar-refractivity contribution in [2.45, 2.75) is 13.8 Å². The van der Waals surface area contributed by atoms with Crippen LogP contribution in [0.5, 0.6) is 0 Å². The van der Waals surface area contributed by atoms with Gasteiger partial charge in [-0.05, 0) is 43.2 Å². The number of aromatic nitrogens is 1. The van der Waals surface area contributed by atoms with E-state index in [1.807, 2.05) is 32.0 Å². The number of amides is 1. The molecule has 1 heterocycles. The number of nitrogens with one attached hydrogen (secondary N) is 1. The topological polar surface area (TPSA) is 77.1 Å². The number of hydrogen-bond acceptors (Lipinski definition) is 3.